The number of aliphatic hydroxyl groups is 1. The zero-order chi connectivity index (χ0) is 18.5. The molecule has 2 fully saturated rings. The van der Waals surface area contributed by atoms with E-state index < -0.39 is 30.1 Å². The lowest BCUT2D eigenvalue weighted by Crippen LogP contribution is -2.76. The summed E-state index contributed by atoms with van der Waals surface area (Å²) < 4.78 is 35.3. The maximum absolute atomic E-state index is 12.7. The molecule has 1 spiro atoms. The summed E-state index contributed by atoms with van der Waals surface area (Å²) in [5.41, 5.74) is -0.379. The molecule has 0 radical (unpaired) electrons. The molecular weight excluding hydrogens is 294 g/mol. The Morgan fingerprint density at radius 2 is 2.35 bits per heavy atom. The number of ether oxygens (including phenoxy) is 2. The van der Waals surface area contributed by atoms with Crippen molar-refractivity contribution in [3.05, 3.63) is 23.3 Å². The van der Waals surface area contributed by atoms with Gasteiger partial charge in [0.25, 0.3) is 0 Å². The zero-order valence-electron chi connectivity index (χ0n) is 16.0. The molecule has 4 aliphatic rings. The minimum atomic E-state index is -2.29. The number of carbonyl (C=O) groups excluding carboxylic acids is 1. The number of hydrogen-bond acceptors (Lipinski definition) is 5. The second-order valence-electron chi connectivity index (χ2n) is 7.15. The second-order valence-corrected chi connectivity index (χ2v) is 7.15. The number of benzene rings is 1. The second kappa shape index (κ2) is 4.08. The van der Waals surface area contributed by atoms with E-state index in [1.807, 2.05) is 6.07 Å². The predicted molar refractivity (Wildman–Crippen MR) is 83.0 cm³/mol. The van der Waals surface area contributed by atoms with Crippen LogP contribution >= 0.6 is 0 Å². The van der Waals surface area contributed by atoms with Crippen molar-refractivity contribution in [1.29, 1.82) is 0 Å². The topological polar surface area (TPSA) is 59.0 Å². The Kier molecular flexibility index (Phi) is 1.96. The first-order valence-electron chi connectivity index (χ1n) is 9.63. The number of likely N-dealkylation sites (N-methyl/N-ethyl adjacent to an activating group) is 1. The molecule has 1 saturated carbocycles. The molecule has 5 heteroatoms. The fourth-order valence-electron chi connectivity index (χ4n) is 5.48. The zero-order valence-corrected chi connectivity index (χ0v) is 13.0. The molecule has 2 aliphatic carbocycles. The monoisotopic (exact) mass is 318 g/mol. The van der Waals surface area contributed by atoms with Crippen LogP contribution in [0.25, 0.3) is 0 Å². The smallest absolute Gasteiger partial charge is 0.174 e. The van der Waals surface area contributed by atoms with Crippen molar-refractivity contribution in [3.63, 3.8) is 0 Å². The summed E-state index contributed by atoms with van der Waals surface area (Å²) in [6.45, 7) is -1.99. The van der Waals surface area contributed by atoms with Crippen molar-refractivity contribution in [2.45, 2.75) is 48.8 Å². The van der Waals surface area contributed by atoms with Crippen LogP contribution in [-0.2, 0) is 16.6 Å². The number of carbonyl (C=O) groups is 1. The number of ketones is 1. The molecule has 23 heavy (non-hydrogen) atoms. The molecule has 2 heterocycles. The standard InChI is InChI=1S/C18H21NO4/c1-19-8-7-17-14-10-3-4-12(22-2)15(14)23-16(17)11(20)5-6-18(17,21)13(19)9-10/h3-4,13,16,21H,5-9H2,1-2H3/t13-,16+,17+,18-/m1/s1/i1D3. The molecule has 0 unspecified atom stereocenters. The summed E-state index contributed by atoms with van der Waals surface area (Å²) in [7, 11) is 1.55. The van der Waals surface area contributed by atoms with Crippen LogP contribution in [0.5, 0.6) is 11.5 Å². The summed E-state index contributed by atoms with van der Waals surface area (Å²) >= 11 is 0. The normalized spacial score (nSPS) is 43.0. The highest BCUT2D eigenvalue weighted by Crippen LogP contribution is 2.64. The molecule has 0 amide bonds. The summed E-state index contributed by atoms with van der Waals surface area (Å²) in [5.74, 6) is 1.07. The fourth-order valence-corrected chi connectivity index (χ4v) is 5.48. The van der Waals surface area contributed by atoms with Crippen LogP contribution in [0.4, 0.5) is 0 Å². The van der Waals surface area contributed by atoms with Gasteiger partial charge in [-0.1, -0.05) is 6.07 Å². The molecule has 1 saturated heterocycles. The van der Waals surface area contributed by atoms with Gasteiger partial charge in [-0.25, -0.2) is 0 Å². The Balaban J connectivity index is 1.80. The third-order valence-corrected chi connectivity index (χ3v) is 6.46. The maximum atomic E-state index is 12.7. The van der Waals surface area contributed by atoms with Gasteiger partial charge in [-0.15, -0.1) is 0 Å². The lowest BCUT2D eigenvalue weighted by molar-refractivity contribution is -0.185. The van der Waals surface area contributed by atoms with E-state index >= 15 is 0 Å². The molecule has 5 rings (SSSR count). The summed E-state index contributed by atoms with van der Waals surface area (Å²) in [4.78, 5) is 14.2. The molecule has 1 N–H and O–H groups in total. The van der Waals surface area contributed by atoms with E-state index in [1.54, 1.807) is 13.2 Å². The first kappa shape index (κ1) is 11.0. The molecule has 2 aliphatic heterocycles. The summed E-state index contributed by atoms with van der Waals surface area (Å²) in [6.07, 6.45) is 0.488. The van der Waals surface area contributed by atoms with Gasteiger partial charge in [0.1, 0.15) is 0 Å². The van der Waals surface area contributed by atoms with Crippen molar-refractivity contribution in [3.8, 4) is 11.5 Å². The number of Topliss-reactive ketones (excluding diaryl/α,β-unsaturated/α-hetero) is 1. The van der Waals surface area contributed by atoms with Gasteiger partial charge < -0.3 is 19.5 Å². The number of rotatable bonds is 1. The van der Waals surface area contributed by atoms with Crippen molar-refractivity contribution < 1.29 is 23.5 Å². The van der Waals surface area contributed by atoms with Crippen LogP contribution in [0.15, 0.2) is 12.1 Å². The quantitative estimate of drug-likeness (QED) is 0.839. The Morgan fingerprint density at radius 3 is 3.13 bits per heavy atom. The predicted octanol–water partition coefficient (Wildman–Crippen LogP) is 1.05. The van der Waals surface area contributed by atoms with E-state index in [0.29, 0.717) is 30.9 Å². The molecule has 0 aromatic heterocycles. The fraction of sp³-hybridized carbons (Fsp3) is 0.611. The van der Waals surface area contributed by atoms with Crippen LogP contribution in [0.2, 0.25) is 0 Å². The largest absolute Gasteiger partial charge is 0.493 e. The third kappa shape index (κ3) is 1.32. The average Bonchev–Trinajstić information content (AvgIpc) is 2.92. The SMILES string of the molecule is [2H]C([2H])([2H])N1CC[C@]23c4c5ccc(OC)c4O[C@H]2C(=O)CC[C@@]3(O)[C@H]1C5. The van der Waals surface area contributed by atoms with Crippen molar-refractivity contribution in [1.82, 2.24) is 4.90 Å². The van der Waals surface area contributed by atoms with Gasteiger partial charge in [0, 0.05) is 22.1 Å². The first-order chi connectivity index (χ1) is 12.2. The Labute approximate surface area is 139 Å². The van der Waals surface area contributed by atoms with Crippen LogP contribution < -0.4 is 9.47 Å². The molecule has 1 aromatic carbocycles. The van der Waals surface area contributed by atoms with Crippen molar-refractivity contribution in [2.24, 2.45) is 0 Å². The maximum Gasteiger partial charge on any atom is 0.174 e. The molecule has 4 atom stereocenters. The minimum absolute atomic E-state index is 0.0261. The van der Waals surface area contributed by atoms with E-state index in [-0.39, 0.29) is 18.6 Å². The van der Waals surface area contributed by atoms with E-state index in [1.165, 1.54) is 4.90 Å². The van der Waals surface area contributed by atoms with E-state index in [9.17, 15) is 9.90 Å². The van der Waals surface area contributed by atoms with Crippen LogP contribution in [0.3, 0.4) is 0 Å². The molecular formula is C18H21NO4. The van der Waals surface area contributed by atoms with Gasteiger partial charge in [0.2, 0.25) is 0 Å². The number of nitrogens with zero attached hydrogens (tertiary/aromatic N) is 1. The number of likely N-dealkylation sites (tertiary alicyclic amines) is 1. The van der Waals surface area contributed by atoms with Crippen molar-refractivity contribution in [2.75, 3.05) is 20.6 Å². The van der Waals surface area contributed by atoms with E-state index in [2.05, 4.69) is 0 Å². The number of hydrogen-bond donors (Lipinski definition) is 1. The van der Waals surface area contributed by atoms with Crippen LogP contribution in [0, 0.1) is 0 Å². The third-order valence-electron chi connectivity index (χ3n) is 6.46. The molecule has 122 valence electrons. The molecule has 5 nitrogen and oxygen atoms in total. The highest BCUT2D eigenvalue weighted by atomic mass is 16.5. The average molecular weight is 318 g/mol. The van der Waals surface area contributed by atoms with Crippen LogP contribution in [-0.4, -0.2) is 54.2 Å². The number of piperidine rings is 1. The summed E-state index contributed by atoms with van der Waals surface area (Å²) in [5, 5.41) is 11.9. The number of methoxy groups -OCH3 is 1. The van der Waals surface area contributed by atoms with Gasteiger partial charge >= 0.3 is 0 Å². The highest BCUT2D eigenvalue weighted by Gasteiger charge is 2.72. The van der Waals surface area contributed by atoms with E-state index in [0.717, 1.165) is 11.1 Å². The van der Waals surface area contributed by atoms with Gasteiger partial charge in [0.15, 0.2) is 23.4 Å². The summed E-state index contributed by atoms with van der Waals surface area (Å²) in [6, 6.07) is 3.15. The van der Waals surface area contributed by atoms with Gasteiger partial charge in [0.05, 0.1) is 18.1 Å². The first-order valence-corrected chi connectivity index (χ1v) is 8.13. The molecule has 2 bridgehead atoms. The van der Waals surface area contributed by atoms with Gasteiger partial charge in [-0.3, -0.25) is 4.79 Å². The van der Waals surface area contributed by atoms with E-state index in [4.69, 9.17) is 13.6 Å². The van der Waals surface area contributed by atoms with Gasteiger partial charge in [-0.05, 0) is 44.4 Å². The van der Waals surface area contributed by atoms with Crippen molar-refractivity contribution >= 4 is 5.78 Å². The Bertz CT molecular complexity index is 825. The molecule has 1 aromatic rings. The highest BCUT2D eigenvalue weighted by molar-refractivity contribution is 5.90. The Hall–Kier alpha value is -1.59. The lowest BCUT2D eigenvalue weighted by Gasteiger charge is -2.62. The minimum Gasteiger partial charge on any atom is -0.493 e. The Morgan fingerprint density at radius 1 is 1.48 bits per heavy atom. The van der Waals surface area contributed by atoms with Gasteiger partial charge in [-0.2, -0.15) is 0 Å². The lowest BCUT2D eigenvalue weighted by atomic mass is 9.49. The van der Waals surface area contributed by atoms with Crippen LogP contribution in [0.1, 0.15) is 34.5 Å².